The lowest BCUT2D eigenvalue weighted by Gasteiger charge is -2.08. The second-order valence-corrected chi connectivity index (χ2v) is 4.72. The maximum Gasteiger partial charge on any atom is 0.218 e. The van der Waals surface area contributed by atoms with Crippen LogP contribution in [0.2, 0.25) is 5.15 Å². The van der Waals surface area contributed by atoms with E-state index in [0.29, 0.717) is 23.5 Å². The van der Waals surface area contributed by atoms with Crippen LogP contribution in [0.5, 0.6) is 11.6 Å². The third kappa shape index (κ3) is 4.10. The minimum absolute atomic E-state index is 0.410. The highest BCUT2D eigenvalue weighted by molar-refractivity contribution is 6.29. The summed E-state index contributed by atoms with van der Waals surface area (Å²) in [6, 6.07) is 9.33. The molecule has 0 bridgehead atoms. The lowest BCUT2D eigenvalue weighted by molar-refractivity contribution is 0.292. The van der Waals surface area contributed by atoms with Crippen molar-refractivity contribution < 1.29 is 9.47 Å². The number of hydrogen-bond donors (Lipinski definition) is 0. The average molecular weight is 293 g/mol. The third-order valence-electron chi connectivity index (χ3n) is 2.74. The van der Waals surface area contributed by atoms with Gasteiger partial charge in [-0.1, -0.05) is 30.7 Å². The molecule has 0 N–H and O–H groups in total. The van der Waals surface area contributed by atoms with Crippen molar-refractivity contribution in [3.05, 3.63) is 46.9 Å². The zero-order valence-corrected chi connectivity index (χ0v) is 12.4. The van der Waals surface area contributed by atoms with Crippen LogP contribution in [0, 0.1) is 0 Å². The van der Waals surface area contributed by atoms with Gasteiger partial charge in [0.15, 0.2) is 0 Å². The molecule has 0 atom stereocenters. The molecule has 0 aliphatic carbocycles. The number of aromatic nitrogens is 2. The molecule has 0 unspecified atom stereocenters. The van der Waals surface area contributed by atoms with Crippen molar-refractivity contribution in [3.8, 4) is 11.6 Å². The molecular weight excluding hydrogens is 276 g/mol. The van der Waals surface area contributed by atoms with Gasteiger partial charge in [-0.3, -0.25) is 0 Å². The average Bonchev–Trinajstić information content (AvgIpc) is 2.45. The first-order chi connectivity index (χ1) is 9.71. The van der Waals surface area contributed by atoms with Gasteiger partial charge in [-0.2, -0.15) is 4.98 Å². The molecule has 2 rings (SSSR count). The molecule has 5 heteroatoms. The smallest absolute Gasteiger partial charge is 0.218 e. The lowest BCUT2D eigenvalue weighted by Crippen LogP contribution is -2.01. The van der Waals surface area contributed by atoms with Crippen LogP contribution in [0.3, 0.4) is 0 Å². The maximum absolute atomic E-state index is 5.96. The first-order valence-corrected chi connectivity index (χ1v) is 6.88. The van der Waals surface area contributed by atoms with Gasteiger partial charge in [0.05, 0.1) is 7.11 Å². The van der Waals surface area contributed by atoms with Crippen LogP contribution in [-0.4, -0.2) is 17.1 Å². The largest absolute Gasteiger partial charge is 0.497 e. The van der Waals surface area contributed by atoms with E-state index in [1.807, 2.05) is 24.3 Å². The maximum atomic E-state index is 5.96. The second-order valence-electron chi connectivity index (χ2n) is 4.33. The first kappa shape index (κ1) is 14.6. The van der Waals surface area contributed by atoms with Crippen molar-refractivity contribution in [1.29, 1.82) is 0 Å². The van der Waals surface area contributed by atoms with Crippen molar-refractivity contribution in [2.75, 3.05) is 7.11 Å². The number of benzene rings is 1. The van der Waals surface area contributed by atoms with Crippen LogP contribution in [-0.2, 0) is 13.0 Å². The van der Waals surface area contributed by atoms with Gasteiger partial charge >= 0.3 is 0 Å². The minimum atomic E-state index is 0.410. The molecule has 1 aromatic carbocycles. The highest BCUT2D eigenvalue weighted by atomic mass is 35.5. The Bertz CT molecular complexity index is 558. The molecule has 0 spiro atoms. The molecular formula is C15H17ClN2O2. The summed E-state index contributed by atoms with van der Waals surface area (Å²) in [4.78, 5) is 8.49. The van der Waals surface area contributed by atoms with E-state index < -0.39 is 0 Å². The molecule has 0 radical (unpaired) electrons. The predicted molar refractivity (Wildman–Crippen MR) is 78.4 cm³/mol. The number of methoxy groups -OCH3 is 1. The number of nitrogens with zero attached hydrogens (tertiary/aromatic N) is 2. The summed E-state index contributed by atoms with van der Waals surface area (Å²) in [5.41, 5.74) is 1.04. The zero-order valence-electron chi connectivity index (χ0n) is 11.6. The van der Waals surface area contributed by atoms with Crippen molar-refractivity contribution in [1.82, 2.24) is 9.97 Å². The Morgan fingerprint density at radius 2 is 1.90 bits per heavy atom. The van der Waals surface area contributed by atoms with Gasteiger partial charge in [0, 0.05) is 12.5 Å². The Hall–Kier alpha value is -1.81. The van der Waals surface area contributed by atoms with Crippen molar-refractivity contribution in [2.45, 2.75) is 26.4 Å². The standard InChI is InChI=1S/C15H17ClN2O2/c1-3-4-14-17-13(16)9-15(18-14)20-10-11-5-7-12(19-2)8-6-11/h5-9H,3-4,10H2,1-2H3. The predicted octanol–water partition coefficient (Wildman–Crippen LogP) is 3.67. The van der Waals surface area contributed by atoms with E-state index in [2.05, 4.69) is 16.9 Å². The molecule has 1 aromatic heterocycles. The van der Waals surface area contributed by atoms with Crippen LogP contribution >= 0.6 is 11.6 Å². The van der Waals surface area contributed by atoms with Crippen LogP contribution in [0.1, 0.15) is 24.7 Å². The van der Waals surface area contributed by atoms with Crippen LogP contribution < -0.4 is 9.47 Å². The summed E-state index contributed by atoms with van der Waals surface area (Å²) in [5.74, 6) is 2.04. The fourth-order valence-electron chi connectivity index (χ4n) is 1.73. The third-order valence-corrected chi connectivity index (χ3v) is 2.93. The van der Waals surface area contributed by atoms with Gasteiger partial charge < -0.3 is 9.47 Å². The monoisotopic (exact) mass is 292 g/mol. The van der Waals surface area contributed by atoms with E-state index >= 15 is 0 Å². The fourth-order valence-corrected chi connectivity index (χ4v) is 1.92. The summed E-state index contributed by atoms with van der Waals surface area (Å²) in [7, 11) is 1.64. The summed E-state index contributed by atoms with van der Waals surface area (Å²) in [6.45, 7) is 2.51. The Kier molecular flexibility index (Phi) is 5.18. The van der Waals surface area contributed by atoms with E-state index in [9.17, 15) is 0 Å². The van der Waals surface area contributed by atoms with Crippen molar-refractivity contribution >= 4 is 11.6 Å². The number of hydrogen-bond acceptors (Lipinski definition) is 4. The van der Waals surface area contributed by atoms with Gasteiger partial charge in [-0.25, -0.2) is 4.98 Å². The van der Waals surface area contributed by atoms with Gasteiger partial charge in [0.2, 0.25) is 5.88 Å². The van der Waals surface area contributed by atoms with Crippen LogP contribution in [0.25, 0.3) is 0 Å². The van der Waals surface area contributed by atoms with Crippen molar-refractivity contribution in [3.63, 3.8) is 0 Å². The number of ether oxygens (including phenoxy) is 2. The molecule has 0 aliphatic rings. The molecule has 4 nitrogen and oxygen atoms in total. The van der Waals surface area contributed by atoms with Gasteiger partial charge in [-0.05, 0) is 24.1 Å². The Labute approximate surface area is 123 Å². The Morgan fingerprint density at radius 1 is 1.15 bits per heavy atom. The molecule has 0 saturated carbocycles. The topological polar surface area (TPSA) is 44.2 Å². The van der Waals surface area contributed by atoms with Gasteiger partial charge in [0.25, 0.3) is 0 Å². The second kappa shape index (κ2) is 7.10. The highest BCUT2D eigenvalue weighted by Gasteiger charge is 2.04. The van der Waals surface area contributed by atoms with Crippen LogP contribution in [0.15, 0.2) is 30.3 Å². The Morgan fingerprint density at radius 3 is 2.55 bits per heavy atom. The molecule has 2 aromatic rings. The minimum Gasteiger partial charge on any atom is -0.497 e. The molecule has 0 saturated heterocycles. The molecule has 20 heavy (non-hydrogen) atoms. The lowest BCUT2D eigenvalue weighted by atomic mass is 10.2. The van der Waals surface area contributed by atoms with E-state index in [1.165, 1.54) is 0 Å². The summed E-state index contributed by atoms with van der Waals surface area (Å²) in [6.07, 6.45) is 1.76. The fraction of sp³-hybridized carbons (Fsp3) is 0.333. The molecule has 106 valence electrons. The first-order valence-electron chi connectivity index (χ1n) is 6.50. The molecule has 0 amide bonds. The number of rotatable bonds is 6. The van der Waals surface area contributed by atoms with Crippen molar-refractivity contribution in [2.24, 2.45) is 0 Å². The number of aryl methyl sites for hydroxylation is 1. The summed E-state index contributed by atoms with van der Waals surface area (Å²) >= 11 is 5.96. The summed E-state index contributed by atoms with van der Waals surface area (Å²) < 4.78 is 10.8. The highest BCUT2D eigenvalue weighted by Crippen LogP contribution is 2.17. The molecule has 1 heterocycles. The zero-order chi connectivity index (χ0) is 14.4. The molecule has 0 aliphatic heterocycles. The van der Waals surface area contributed by atoms with Crippen LogP contribution in [0.4, 0.5) is 0 Å². The SMILES string of the molecule is CCCc1nc(Cl)cc(OCc2ccc(OC)cc2)n1. The van der Waals surface area contributed by atoms with Gasteiger partial charge in [-0.15, -0.1) is 0 Å². The van der Waals surface area contributed by atoms with Gasteiger partial charge in [0.1, 0.15) is 23.3 Å². The molecule has 0 fully saturated rings. The van der Waals surface area contributed by atoms with E-state index in [4.69, 9.17) is 21.1 Å². The quantitative estimate of drug-likeness (QED) is 0.762. The van der Waals surface area contributed by atoms with E-state index in [0.717, 1.165) is 24.2 Å². The summed E-state index contributed by atoms with van der Waals surface area (Å²) in [5, 5.41) is 0.410. The number of halogens is 1. The Balaban J connectivity index is 2.02. The normalized spacial score (nSPS) is 10.3. The van der Waals surface area contributed by atoms with E-state index in [-0.39, 0.29) is 0 Å². The van der Waals surface area contributed by atoms with E-state index in [1.54, 1.807) is 13.2 Å².